The van der Waals surface area contributed by atoms with E-state index in [4.69, 9.17) is 0 Å². The van der Waals surface area contributed by atoms with Gasteiger partial charge in [0, 0.05) is 17.5 Å². The van der Waals surface area contributed by atoms with Gasteiger partial charge in [-0.15, -0.1) is 0 Å². The van der Waals surface area contributed by atoms with Gasteiger partial charge in [-0.2, -0.15) is 0 Å². The summed E-state index contributed by atoms with van der Waals surface area (Å²) < 4.78 is 0. The Bertz CT molecular complexity index is 527. The molecule has 18 heavy (non-hydrogen) atoms. The van der Waals surface area contributed by atoms with Crippen molar-refractivity contribution >= 4 is 12.1 Å². The summed E-state index contributed by atoms with van der Waals surface area (Å²) in [6.07, 6.45) is 2.01. The second kappa shape index (κ2) is 5.92. The van der Waals surface area contributed by atoms with Gasteiger partial charge in [-0.3, -0.25) is 9.59 Å². The predicted molar refractivity (Wildman–Crippen MR) is 70.9 cm³/mol. The molecule has 90 valence electrons. The van der Waals surface area contributed by atoms with Crippen molar-refractivity contribution in [1.29, 1.82) is 0 Å². The number of carbonyl (C=O) groups is 2. The van der Waals surface area contributed by atoms with Crippen LogP contribution >= 0.6 is 0 Å². The summed E-state index contributed by atoms with van der Waals surface area (Å²) in [6, 6.07) is 16.7. The predicted octanol–water partition coefficient (Wildman–Crippen LogP) is 3.31. The Kier molecular flexibility index (Phi) is 4.02. The molecule has 0 N–H and O–H groups in total. The molecule has 0 aliphatic heterocycles. The molecule has 2 aromatic rings. The molecule has 0 amide bonds. The maximum Gasteiger partial charge on any atom is 0.163 e. The fraction of sp³-hybridized carbons (Fsp3) is 0.125. The van der Waals surface area contributed by atoms with Gasteiger partial charge in [0.2, 0.25) is 0 Å². The molecule has 0 unspecified atom stereocenters. The highest BCUT2D eigenvalue weighted by Crippen LogP contribution is 2.09. The summed E-state index contributed by atoms with van der Waals surface area (Å²) in [4.78, 5) is 22.4. The van der Waals surface area contributed by atoms with E-state index in [-0.39, 0.29) is 5.78 Å². The van der Waals surface area contributed by atoms with E-state index >= 15 is 0 Å². The zero-order valence-corrected chi connectivity index (χ0v) is 10.0. The van der Waals surface area contributed by atoms with Gasteiger partial charge in [0.15, 0.2) is 5.78 Å². The molecule has 0 heterocycles. The van der Waals surface area contributed by atoms with Crippen LogP contribution in [0.4, 0.5) is 0 Å². The van der Waals surface area contributed by atoms with Gasteiger partial charge in [0.05, 0.1) is 0 Å². The standard InChI is InChI=1S/C16H14O2/c17-12-14-6-9-15(10-7-14)16(18)11-8-13-4-2-1-3-5-13/h1-7,9-10,12H,8,11H2. The normalized spacial score (nSPS) is 10.0. The summed E-state index contributed by atoms with van der Waals surface area (Å²) in [6.45, 7) is 0. The Morgan fingerprint density at radius 2 is 1.61 bits per heavy atom. The Morgan fingerprint density at radius 3 is 2.22 bits per heavy atom. The topological polar surface area (TPSA) is 34.1 Å². The number of Topliss-reactive ketones (excluding diaryl/α,β-unsaturated/α-hetero) is 1. The summed E-state index contributed by atoms with van der Waals surface area (Å²) in [7, 11) is 0. The van der Waals surface area contributed by atoms with Crippen LogP contribution < -0.4 is 0 Å². The number of ketones is 1. The van der Waals surface area contributed by atoms with Gasteiger partial charge in [-0.1, -0.05) is 54.6 Å². The monoisotopic (exact) mass is 238 g/mol. The average molecular weight is 238 g/mol. The van der Waals surface area contributed by atoms with Gasteiger partial charge in [0.1, 0.15) is 6.29 Å². The molecule has 0 fully saturated rings. The van der Waals surface area contributed by atoms with Crippen molar-refractivity contribution in [3.8, 4) is 0 Å². The first-order valence-corrected chi connectivity index (χ1v) is 5.92. The van der Waals surface area contributed by atoms with Crippen LogP contribution in [0.3, 0.4) is 0 Å². The molecule has 0 spiro atoms. The second-order valence-corrected chi connectivity index (χ2v) is 4.15. The lowest BCUT2D eigenvalue weighted by Gasteiger charge is -2.02. The van der Waals surface area contributed by atoms with E-state index in [0.29, 0.717) is 17.5 Å². The highest BCUT2D eigenvalue weighted by molar-refractivity contribution is 5.96. The quantitative estimate of drug-likeness (QED) is 0.591. The molecule has 2 nitrogen and oxygen atoms in total. The van der Waals surface area contributed by atoms with E-state index in [2.05, 4.69) is 0 Å². The maximum absolute atomic E-state index is 11.9. The van der Waals surface area contributed by atoms with E-state index in [1.54, 1.807) is 24.3 Å². The first-order valence-electron chi connectivity index (χ1n) is 5.92. The summed E-state index contributed by atoms with van der Waals surface area (Å²) in [5.74, 6) is 0.108. The Hall–Kier alpha value is -2.22. The number of aldehydes is 1. The molecule has 0 aliphatic carbocycles. The Balaban J connectivity index is 1.97. The van der Waals surface area contributed by atoms with Crippen molar-refractivity contribution in [2.45, 2.75) is 12.8 Å². The van der Waals surface area contributed by atoms with Crippen LogP contribution in [0.1, 0.15) is 32.7 Å². The van der Waals surface area contributed by atoms with Crippen molar-refractivity contribution in [2.75, 3.05) is 0 Å². The van der Waals surface area contributed by atoms with Gasteiger partial charge >= 0.3 is 0 Å². The zero-order chi connectivity index (χ0) is 12.8. The van der Waals surface area contributed by atoms with Gasteiger partial charge in [0.25, 0.3) is 0 Å². The molecule has 0 aromatic heterocycles. The minimum absolute atomic E-state index is 0.108. The third-order valence-electron chi connectivity index (χ3n) is 2.85. The van der Waals surface area contributed by atoms with E-state index in [1.165, 1.54) is 0 Å². The minimum Gasteiger partial charge on any atom is -0.298 e. The first kappa shape index (κ1) is 12.2. The van der Waals surface area contributed by atoms with Crippen LogP contribution in [0, 0.1) is 0 Å². The molecular weight excluding hydrogens is 224 g/mol. The fourth-order valence-electron chi connectivity index (χ4n) is 1.79. The zero-order valence-electron chi connectivity index (χ0n) is 10.0. The van der Waals surface area contributed by atoms with E-state index in [1.807, 2.05) is 30.3 Å². The molecule has 2 rings (SSSR count). The summed E-state index contributed by atoms with van der Waals surface area (Å²) in [5, 5.41) is 0. The van der Waals surface area contributed by atoms with Crippen LogP contribution in [0.5, 0.6) is 0 Å². The Labute approximate surface area is 106 Å². The van der Waals surface area contributed by atoms with Crippen LogP contribution in [0.15, 0.2) is 54.6 Å². The lowest BCUT2D eigenvalue weighted by Crippen LogP contribution is -2.01. The molecule has 0 radical (unpaired) electrons. The fourth-order valence-corrected chi connectivity index (χ4v) is 1.79. The summed E-state index contributed by atoms with van der Waals surface area (Å²) >= 11 is 0. The number of hydrogen-bond acceptors (Lipinski definition) is 2. The molecule has 0 aliphatic rings. The molecule has 0 bridgehead atoms. The van der Waals surface area contributed by atoms with Crippen LogP contribution in [-0.4, -0.2) is 12.1 Å². The minimum atomic E-state index is 0.108. The van der Waals surface area contributed by atoms with Crippen molar-refractivity contribution in [3.63, 3.8) is 0 Å². The van der Waals surface area contributed by atoms with Crippen LogP contribution in [-0.2, 0) is 6.42 Å². The van der Waals surface area contributed by atoms with Crippen molar-refractivity contribution in [3.05, 3.63) is 71.3 Å². The SMILES string of the molecule is O=Cc1ccc(C(=O)CCc2ccccc2)cc1. The third kappa shape index (κ3) is 3.14. The number of rotatable bonds is 5. The largest absolute Gasteiger partial charge is 0.298 e. The molecule has 2 heteroatoms. The highest BCUT2D eigenvalue weighted by atomic mass is 16.1. The van der Waals surface area contributed by atoms with Gasteiger partial charge in [-0.25, -0.2) is 0 Å². The average Bonchev–Trinajstić information content (AvgIpc) is 2.46. The van der Waals surface area contributed by atoms with Gasteiger partial charge in [-0.05, 0) is 12.0 Å². The molecule has 0 saturated carbocycles. The van der Waals surface area contributed by atoms with E-state index in [9.17, 15) is 9.59 Å². The Morgan fingerprint density at radius 1 is 0.944 bits per heavy atom. The molecule has 0 saturated heterocycles. The van der Waals surface area contributed by atoms with E-state index < -0.39 is 0 Å². The van der Waals surface area contributed by atoms with Crippen LogP contribution in [0.25, 0.3) is 0 Å². The number of hydrogen-bond donors (Lipinski definition) is 0. The van der Waals surface area contributed by atoms with E-state index in [0.717, 1.165) is 18.3 Å². The maximum atomic E-state index is 11.9. The van der Waals surface area contributed by atoms with Crippen molar-refractivity contribution in [1.82, 2.24) is 0 Å². The second-order valence-electron chi connectivity index (χ2n) is 4.15. The number of aryl methyl sites for hydroxylation is 1. The lowest BCUT2D eigenvalue weighted by molar-refractivity contribution is 0.0982. The molecule has 2 aromatic carbocycles. The smallest absolute Gasteiger partial charge is 0.163 e. The molecular formula is C16H14O2. The number of carbonyl (C=O) groups excluding carboxylic acids is 2. The third-order valence-corrected chi connectivity index (χ3v) is 2.85. The summed E-state index contributed by atoms with van der Waals surface area (Å²) in [5.41, 5.74) is 2.42. The van der Waals surface area contributed by atoms with Gasteiger partial charge < -0.3 is 0 Å². The highest BCUT2D eigenvalue weighted by Gasteiger charge is 2.05. The molecule has 0 atom stereocenters. The van der Waals surface area contributed by atoms with Crippen molar-refractivity contribution in [2.24, 2.45) is 0 Å². The first-order chi connectivity index (χ1) is 8.79. The lowest BCUT2D eigenvalue weighted by atomic mass is 10.0. The van der Waals surface area contributed by atoms with Crippen LogP contribution in [0.2, 0.25) is 0 Å². The van der Waals surface area contributed by atoms with Crippen molar-refractivity contribution < 1.29 is 9.59 Å². The number of benzene rings is 2.